The molecule has 0 amide bonds. The molecule has 5 aliphatic rings. The molecule has 0 saturated heterocycles. The Morgan fingerprint density at radius 1 is 1.07 bits per heavy atom. The molecule has 0 heterocycles. The van der Waals surface area contributed by atoms with E-state index < -0.39 is 5.60 Å². The van der Waals surface area contributed by atoms with Crippen LogP contribution in [0.2, 0.25) is 0 Å². The molecule has 6 rings (SSSR count). The van der Waals surface area contributed by atoms with E-state index in [2.05, 4.69) is 49.4 Å². The second kappa shape index (κ2) is 11.1. The maximum Gasteiger partial charge on any atom is 0.133 e. The number of aliphatic hydroxyl groups is 1. The molecule has 8 atom stereocenters. The van der Waals surface area contributed by atoms with E-state index in [4.69, 9.17) is 11.2 Å². The third-order valence-corrected chi connectivity index (χ3v) is 12.8. The predicted octanol–water partition coefficient (Wildman–Crippen LogP) is 7.40. The van der Waals surface area contributed by atoms with Crippen LogP contribution in [-0.4, -0.2) is 29.1 Å². The lowest BCUT2D eigenvalue weighted by Crippen LogP contribution is -2.57. The largest absolute Gasteiger partial charge is 0.494 e. The maximum atomic E-state index is 12.3. The first-order valence-corrected chi connectivity index (χ1v) is 16.5. The van der Waals surface area contributed by atoms with Crippen LogP contribution in [0, 0.1) is 46.8 Å². The highest BCUT2D eigenvalue weighted by Crippen LogP contribution is 2.69. The quantitative estimate of drug-likeness (QED) is 0.351. The van der Waals surface area contributed by atoms with Crippen LogP contribution in [0.15, 0.2) is 24.3 Å². The Labute approximate surface area is 242 Å². The molecule has 0 bridgehead atoms. The van der Waals surface area contributed by atoms with Gasteiger partial charge in [0.15, 0.2) is 0 Å². The fraction of sp³-hybridized carbons (Fsp3) is 0.750. The average molecular weight is 546 g/mol. The van der Waals surface area contributed by atoms with E-state index in [1.165, 1.54) is 44.1 Å². The van der Waals surface area contributed by atoms with Gasteiger partial charge in [-0.15, -0.1) is 6.42 Å². The summed E-state index contributed by atoms with van der Waals surface area (Å²) in [4.78, 5) is 12.3. The molecule has 5 fully saturated rings. The van der Waals surface area contributed by atoms with Gasteiger partial charge >= 0.3 is 0 Å². The van der Waals surface area contributed by atoms with Crippen LogP contribution in [0.3, 0.4) is 0 Å². The SMILES string of the molecule is C#CC1(O)CCC2C3CCC4CC(=O)CC[C@]4(C)C3CC[C@@]21CCOc1cccc(C(C)NC2CCCCC2)c1. The van der Waals surface area contributed by atoms with E-state index in [9.17, 15) is 9.90 Å². The van der Waals surface area contributed by atoms with Crippen molar-refractivity contribution in [1.29, 1.82) is 0 Å². The van der Waals surface area contributed by atoms with E-state index in [0.717, 1.165) is 57.1 Å². The topological polar surface area (TPSA) is 58.6 Å². The minimum atomic E-state index is -1.05. The van der Waals surface area contributed by atoms with E-state index >= 15 is 0 Å². The third-order valence-electron chi connectivity index (χ3n) is 12.8. The second-order valence-electron chi connectivity index (χ2n) is 14.5. The van der Waals surface area contributed by atoms with Gasteiger partial charge in [-0.05, 0) is 118 Å². The molecule has 0 aliphatic heterocycles. The highest BCUT2D eigenvalue weighted by Gasteiger charge is 2.66. The number of ketones is 1. The summed E-state index contributed by atoms with van der Waals surface area (Å²) in [6.45, 7) is 5.33. The van der Waals surface area contributed by atoms with Crippen molar-refractivity contribution in [3.63, 3.8) is 0 Å². The fourth-order valence-corrected chi connectivity index (χ4v) is 10.6. The molecular weight excluding hydrogens is 494 g/mol. The first-order valence-electron chi connectivity index (χ1n) is 16.5. The Balaban J connectivity index is 1.15. The molecule has 0 radical (unpaired) electrons. The van der Waals surface area contributed by atoms with E-state index in [-0.39, 0.29) is 10.8 Å². The van der Waals surface area contributed by atoms with Crippen molar-refractivity contribution < 1.29 is 14.6 Å². The molecule has 0 aromatic heterocycles. The minimum absolute atomic E-state index is 0.263. The predicted molar refractivity (Wildman–Crippen MR) is 160 cm³/mol. The van der Waals surface area contributed by atoms with Crippen molar-refractivity contribution in [3.8, 4) is 18.1 Å². The van der Waals surface area contributed by atoms with Crippen molar-refractivity contribution in [2.24, 2.45) is 34.5 Å². The van der Waals surface area contributed by atoms with Crippen molar-refractivity contribution in [1.82, 2.24) is 5.32 Å². The Morgan fingerprint density at radius 3 is 2.67 bits per heavy atom. The van der Waals surface area contributed by atoms with Gasteiger partial charge < -0.3 is 15.2 Å². The van der Waals surface area contributed by atoms with Gasteiger partial charge in [0.25, 0.3) is 0 Å². The van der Waals surface area contributed by atoms with Gasteiger partial charge in [0.2, 0.25) is 0 Å². The number of hydrogen-bond acceptors (Lipinski definition) is 4. The average Bonchev–Trinajstić information content (AvgIpc) is 3.27. The van der Waals surface area contributed by atoms with Crippen LogP contribution >= 0.6 is 0 Å². The zero-order chi connectivity index (χ0) is 28.0. The van der Waals surface area contributed by atoms with Gasteiger partial charge in [-0.25, -0.2) is 0 Å². The maximum absolute atomic E-state index is 12.3. The molecule has 4 heteroatoms. The Morgan fingerprint density at radius 2 is 1.88 bits per heavy atom. The van der Waals surface area contributed by atoms with Crippen molar-refractivity contribution >= 4 is 5.78 Å². The first kappa shape index (κ1) is 28.3. The molecule has 4 nitrogen and oxygen atoms in total. The molecule has 1 aromatic rings. The van der Waals surface area contributed by atoms with Crippen molar-refractivity contribution in [2.75, 3.05) is 6.61 Å². The van der Waals surface area contributed by atoms with Crippen LogP contribution in [0.5, 0.6) is 5.75 Å². The fourth-order valence-electron chi connectivity index (χ4n) is 10.6. The van der Waals surface area contributed by atoms with Crippen LogP contribution in [0.25, 0.3) is 0 Å². The van der Waals surface area contributed by atoms with Gasteiger partial charge in [0.1, 0.15) is 17.1 Å². The molecule has 40 heavy (non-hydrogen) atoms. The summed E-state index contributed by atoms with van der Waals surface area (Å²) in [5, 5.41) is 15.7. The van der Waals surface area contributed by atoms with E-state index in [1.54, 1.807) is 0 Å². The molecule has 5 saturated carbocycles. The number of rotatable bonds is 7. The molecule has 0 spiro atoms. The number of terminal acetylenes is 1. The standard InChI is InChI=1S/C36H51NO3/c1-4-36(39)20-17-33-31-14-13-27-24-29(38)15-18-34(27,3)32(31)16-19-35(33,36)21-22-40-30-12-8-9-26(23-30)25(2)37-28-10-6-5-7-11-28/h1,8-9,12,23,25,27-28,31-33,37,39H,5-7,10-11,13-22,24H2,2-3H3/t25?,27?,31?,32?,33?,34-,35+,36?/m0/s1. The Hall–Kier alpha value is -1.83. The molecule has 1 aromatic carbocycles. The zero-order valence-electron chi connectivity index (χ0n) is 24.9. The van der Waals surface area contributed by atoms with Crippen LogP contribution in [0.1, 0.15) is 122 Å². The summed E-state index contributed by atoms with van der Waals surface area (Å²) >= 11 is 0. The van der Waals surface area contributed by atoms with E-state index in [0.29, 0.717) is 54.6 Å². The molecule has 5 aliphatic carbocycles. The minimum Gasteiger partial charge on any atom is -0.494 e. The smallest absolute Gasteiger partial charge is 0.133 e. The Kier molecular flexibility index (Phi) is 7.86. The second-order valence-corrected chi connectivity index (χ2v) is 14.5. The summed E-state index contributed by atoms with van der Waals surface area (Å²) in [7, 11) is 0. The van der Waals surface area contributed by atoms with Crippen LogP contribution in [0.4, 0.5) is 0 Å². The number of Topliss-reactive ketones (excluding diaryl/α,β-unsaturated/α-hetero) is 1. The lowest BCUT2D eigenvalue weighted by molar-refractivity contribution is -0.154. The number of benzene rings is 1. The monoisotopic (exact) mass is 545 g/mol. The lowest BCUT2D eigenvalue weighted by Gasteiger charge is -2.61. The van der Waals surface area contributed by atoms with Gasteiger partial charge in [-0.2, -0.15) is 0 Å². The summed E-state index contributed by atoms with van der Waals surface area (Å²) in [6, 6.07) is 9.50. The summed E-state index contributed by atoms with van der Waals surface area (Å²) in [5.41, 5.74) is 0.215. The van der Waals surface area contributed by atoms with Gasteiger partial charge in [-0.1, -0.05) is 44.2 Å². The number of hydrogen-bond donors (Lipinski definition) is 2. The van der Waals surface area contributed by atoms with E-state index in [1.807, 2.05) is 0 Å². The molecular formula is C36H51NO3. The number of fused-ring (bicyclic) bond motifs is 5. The van der Waals surface area contributed by atoms with Crippen LogP contribution in [-0.2, 0) is 4.79 Å². The lowest BCUT2D eigenvalue weighted by atomic mass is 9.44. The highest BCUT2D eigenvalue weighted by molar-refractivity contribution is 5.79. The van der Waals surface area contributed by atoms with Crippen molar-refractivity contribution in [2.45, 2.75) is 128 Å². The molecule has 2 N–H and O–H groups in total. The Bertz CT molecular complexity index is 1120. The molecule has 6 unspecified atom stereocenters. The summed E-state index contributed by atoms with van der Waals surface area (Å²) < 4.78 is 6.44. The van der Waals surface area contributed by atoms with Crippen molar-refractivity contribution in [3.05, 3.63) is 29.8 Å². The molecule has 218 valence electrons. The summed E-state index contributed by atoms with van der Waals surface area (Å²) in [6.07, 6.45) is 22.2. The van der Waals surface area contributed by atoms with Crippen LogP contribution < -0.4 is 10.1 Å². The number of carbonyl (C=O) groups is 1. The van der Waals surface area contributed by atoms with Gasteiger partial charge in [-0.3, -0.25) is 4.79 Å². The third kappa shape index (κ3) is 4.84. The number of carbonyl (C=O) groups excluding carboxylic acids is 1. The van der Waals surface area contributed by atoms with Gasteiger partial charge in [0, 0.05) is 30.3 Å². The normalized spacial score (nSPS) is 40.4. The first-order chi connectivity index (χ1) is 19.3. The van der Waals surface area contributed by atoms with Gasteiger partial charge in [0.05, 0.1) is 6.61 Å². The summed E-state index contributed by atoms with van der Waals surface area (Å²) in [5.74, 6) is 6.52. The number of nitrogens with one attached hydrogen (secondary N) is 1. The highest BCUT2D eigenvalue weighted by atomic mass is 16.5. The number of ether oxygens (including phenoxy) is 1. The zero-order valence-corrected chi connectivity index (χ0v) is 24.9.